The van der Waals surface area contributed by atoms with Crippen molar-refractivity contribution in [2.24, 2.45) is 0 Å². The third-order valence-electron chi connectivity index (χ3n) is 6.35. The van der Waals surface area contributed by atoms with Crippen LogP contribution in [0.1, 0.15) is 36.8 Å². The van der Waals surface area contributed by atoms with E-state index in [-0.39, 0.29) is 18.0 Å². The van der Waals surface area contributed by atoms with Gasteiger partial charge >= 0.3 is 0 Å². The van der Waals surface area contributed by atoms with Crippen LogP contribution in [0.4, 0.5) is 5.69 Å². The molecule has 0 spiro atoms. The molecule has 2 aromatic carbocycles. The maximum atomic E-state index is 13.0. The van der Waals surface area contributed by atoms with Crippen LogP contribution in [0.2, 0.25) is 0 Å². The maximum absolute atomic E-state index is 13.0. The van der Waals surface area contributed by atoms with Crippen LogP contribution in [-0.4, -0.2) is 32.0 Å². The Morgan fingerprint density at radius 1 is 1.06 bits per heavy atom. The number of carbonyl (C=O) groups is 1. The minimum atomic E-state index is -0.0879. The van der Waals surface area contributed by atoms with Crippen LogP contribution in [0, 0.1) is 0 Å². The molecule has 2 unspecified atom stereocenters. The number of carbonyl (C=O) groups excluding carboxylic acids is 1. The molecule has 34 heavy (non-hydrogen) atoms. The summed E-state index contributed by atoms with van der Waals surface area (Å²) in [5.74, 6) is -0.0370. The minimum Gasteiger partial charge on any atom is -0.352 e. The number of nitrogens with zero attached hydrogens (tertiary/aromatic N) is 3. The summed E-state index contributed by atoms with van der Waals surface area (Å²) in [6.45, 7) is 3.49. The summed E-state index contributed by atoms with van der Waals surface area (Å²) in [5, 5.41) is 9.32. The minimum absolute atomic E-state index is 0.0370. The van der Waals surface area contributed by atoms with Crippen LogP contribution in [0.15, 0.2) is 85.2 Å². The Labute approximate surface area is 204 Å². The van der Waals surface area contributed by atoms with E-state index in [1.54, 1.807) is 6.20 Å². The molecule has 0 aliphatic carbocycles. The number of hydrogen-bond donors (Lipinski definition) is 2. The van der Waals surface area contributed by atoms with Crippen LogP contribution in [0.5, 0.6) is 0 Å². The quantitative estimate of drug-likeness (QED) is 0.371. The molecule has 1 amide bonds. The van der Waals surface area contributed by atoms with Crippen molar-refractivity contribution in [1.82, 2.24) is 19.8 Å². The van der Waals surface area contributed by atoms with E-state index in [9.17, 15) is 4.79 Å². The van der Waals surface area contributed by atoms with E-state index in [0.29, 0.717) is 18.1 Å². The molecule has 1 saturated heterocycles. The number of pyridine rings is 1. The Hall–Kier alpha value is -3.71. The van der Waals surface area contributed by atoms with E-state index in [2.05, 4.69) is 50.3 Å². The van der Waals surface area contributed by atoms with E-state index >= 15 is 0 Å². The number of fused-ring (bicyclic) bond motifs is 1. The second kappa shape index (κ2) is 9.65. The van der Waals surface area contributed by atoms with Gasteiger partial charge in [0.15, 0.2) is 5.11 Å². The van der Waals surface area contributed by atoms with Crippen molar-refractivity contribution < 1.29 is 4.79 Å². The summed E-state index contributed by atoms with van der Waals surface area (Å²) in [4.78, 5) is 19.7. The lowest BCUT2D eigenvalue weighted by Crippen LogP contribution is -2.33. The van der Waals surface area contributed by atoms with E-state index < -0.39 is 0 Å². The summed E-state index contributed by atoms with van der Waals surface area (Å²) in [5.41, 5.74) is 2.91. The van der Waals surface area contributed by atoms with Crippen molar-refractivity contribution >= 4 is 39.7 Å². The molecule has 1 aliphatic heterocycles. The molecule has 6 nitrogen and oxygen atoms in total. The van der Waals surface area contributed by atoms with Crippen molar-refractivity contribution in [2.75, 3.05) is 11.9 Å². The fraction of sp³-hybridized carbons (Fsp3) is 0.222. The lowest BCUT2D eigenvalue weighted by atomic mass is 10.0. The van der Waals surface area contributed by atoms with Crippen LogP contribution >= 0.6 is 12.2 Å². The summed E-state index contributed by atoms with van der Waals surface area (Å²) in [6.07, 6.45) is 4.21. The number of amides is 1. The average molecular weight is 470 g/mol. The molecular weight excluding hydrogens is 442 g/mol. The Bertz CT molecular complexity index is 1310. The van der Waals surface area contributed by atoms with Crippen molar-refractivity contribution in [3.63, 3.8) is 0 Å². The van der Waals surface area contributed by atoms with E-state index in [1.807, 2.05) is 60.7 Å². The summed E-state index contributed by atoms with van der Waals surface area (Å²) >= 11 is 5.74. The lowest BCUT2D eigenvalue weighted by molar-refractivity contribution is -0.116. The van der Waals surface area contributed by atoms with Crippen molar-refractivity contribution in [1.29, 1.82) is 0 Å². The van der Waals surface area contributed by atoms with Crippen molar-refractivity contribution in [3.8, 4) is 0 Å². The summed E-state index contributed by atoms with van der Waals surface area (Å²) in [6, 6.07) is 24.0. The van der Waals surface area contributed by atoms with Gasteiger partial charge in [0.1, 0.15) is 0 Å². The molecule has 2 N–H and O–H groups in total. The first kappa shape index (κ1) is 22.1. The van der Waals surface area contributed by atoms with Crippen LogP contribution in [0.25, 0.3) is 10.8 Å². The number of hydrogen-bond acceptors (Lipinski definition) is 3. The first-order chi connectivity index (χ1) is 16.7. The summed E-state index contributed by atoms with van der Waals surface area (Å²) in [7, 11) is 0. The van der Waals surface area contributed by atoms with Crippen LogP contribution in [-0.2, 0) is 11.3 Å². The van der Waals surface area contributed by atoms with Gasteiger partial charge in [0.05, 0.1) is 17.8 Å². The Morgan fingerprint density at radius 2 is 1.88 bits per heavy atom. The smallest absolute Gasteiger partial charge is 0.226 e. The monoisotopic (exact) mass is 469 g/mol. The molecule has 7 heteroatoms. The van der Waals surface area contributed by atoms with Gasteiger partial charge in [-0.3, -0.25) is 9.78 Å². The fourth-order valence-corrected chi connectivity index (χ4v) is 5.05. The fourth-order valence-electron chi connectivity index (χ4n) is 4.72. The number of rotatable bonds is 7. The number of aryl methyl sites for hydroxylation is 1. The molecule has 1 aliphatic rings. The zero-order chi connectivity index (χ0) is 23.5. The van der Waals surface area contributed by atoms with Gasteiger partial charge in [0.2, 0.25) is 5.91 Å². The molecule has 4 aromatic rings. The van der Waals surface area contributed by atoms with Gasteiger partial charge in [-0.05, 0) is 54.9 Å². The Balaban J connectivity index is 1.37. The highest BCUT2D eigenvalue weighted by molar-refractivity contribution is 7.80. The molecule has 0 saturated carbocycles. The van der Waals surface area contributed by atoms with E-state index in [4.69, 9.17) is 12.2 Å². The first-order valence-corrected chi connectivity index (χ1v) is 12.0. The van der Waals surface area contributed by atoms with Gasteiger partial charge in [-0.2, -0.15) is 0 Å². The zero-order valence-electron chi connectivity index (χ0n) is 19.0. The Morgan fingerprint density at radius 3 is 2.71 bits per heavy atom. The van der Waals surface area contributed by atoms with Crippen LogP contribution in [0.3, 0.4) is 0 Å². The molecule has 172 valence electrons. The number of benzene rings is 2. The lowest BCUT2D eigenvalue weighted by Gasteiger charge is -2.28. The number of anilines is 1. The van der Waals surface area contributed by atoms with Crippen molar-refractivity contribution in [2.45, 2.75) is 32.0 Å². The van der Waals surface area contributed by atoms with Gasteiger partial charge in [0, 0.05) is 48.7 Å². The normalized spacial score (nSPS) is 17.7. The number of nitrogens with one attached hydrogen (secondary N) is 2. The topological polar surface area (TPSA) is 62.2 Å². The third-order valence-corrected chi connectivity index (χ3v) is 6.70. The predicted octanol–water partition coefficient (Wildman–Crippen LogP) is 5.06. The highest BCUT2D eigenvalue weighted by atomic mass is 32.1. The predicted molar refractivity (Wildman–Crippen MR) is 139 cm³/mol. The molecule has 1 fully saturated rings. The molecule has 0 radical (unpaired) electrons. The molecule has 2 aromatic heterocycles. The van der Waals surface area contributed by atoms with Gasteiger partial charge in [-0.15, -0.1) is 0 Å². The average Bonchev–Trinajstić information content (AvgIpc) is 3.47. The maximum Gasteiger partial charge on any atom is 0.226 e. The highest BCUT2D eigenvalue weighted by Gasteiger charge is 2.40. The van der Waals surface area contributed by atoms with Crippen LogP contribution < -0.4 is 10.6 Å². The van der Waals surface area contributed by atoms with Gasteiger partial charge in [-0.25, -0.2) is 0 Å². The van der Waals surface area contributed by atoms with E-state index in [0.717, 1.165) is 34.4 Å². The van der Waals surface area contributed by atoms with Crippen molar-refractivity contribution in [3.05, 3.63) is 96.6 Å². The Kier molecular flexibility index (Phi) is 6.27. The number of thiocarbonyl (C=S) groups is 1. The SMILES string of the molecule is CCn1cccc1C1C(c2ccccn2)NC(=S)N1CCC(=O)Nc1cccc2ccccc12. The third kappa shape index (κ3) is 4.26. The van der Waals surface area contributed by atoms with Gasteiger partial charge in [-0.1, -0.05) is 42.5 Å². The van der Waals surface area contributed by atoms with Gasteiger partial charge in [0.25, 0.3) is 0 Å². The molecule has 2 atom stereocenters. The van der Waals surface area contributed by atoms with Gasteiger partial charge < -0.3 is 20.1 Å². The molecule has 0 bridgehead atoms. The molecule has 3 heterocycles. The molecular formula is C27H27N5OS. The second-order valence-electron chi connectivity index (χ2n) is 8.36. The highest BCUT2D eigenvalue weighted by Crippen LogP contribution is 2.38. The standard InChI is InChI=1S/C27H27N5OS/c1-2-31-17-8-14-23(31)26-25(22-12-5-6-16-28-22)30-27(34)32(26)18-15-24(33)29-21-13-7-10-19-9-3-4-11-20(19)21/h3-14,16-17,25-26H,2,15,18H2,1H3,(H,29,33)(H,30,34). The number of aromatic nitrogens is 2. The van der Waals surface area contributed by atoms with E-state index in [1.165, 1.54) is 0 Å². The largest absolute Gasteiger partial charge is 0.352 e. The molecule has 5 rings (SSSR count). The first-order valence-electron chi connectivity index (χ1n) is 11.6. The summed E-state index contributed by atoms with van der Waals surface area (Å²) < 4.78 is 2.22. The second-order valence-corrected chi connectivity index (χ2v) is 8.75. The zero-order valence-corrected chi connectivity index (χ0v) is 19.8.